The summed E-state index contributed by atoms with van der Waals surface area (Å²) in [6, 6.07) is 22.1. The molecule has 224 valence electrons. The highest BCUT2D eigenvalue weighted by Crippen LogP contribution is 2.32. The van der Waals surface area contributed by atoms with Gasteiger partial charge in [0.2, 0.25) is 0 Å². The number of hydrogen-bond acceptors (Lipinski definition) is 6. The molecule has 7 heteroatoms. The van der Waals surface area contributed by atoms with Gasteiger partial charge in [0.25, 0.3) is 0 Å². The van der Waals surface area contributed by atoms with Crippen LogP contribution in [0.1, 0.15) is 54.5 Å². The summed E-state index contributed by atoms with van der Waals surface area (Å²) in [6.45, 7) is 16.8. The number of aryl methyl sites for hydroxylation is 1. The van der Waals surface area contributed by atoms with Crippen molar-refractivity contribution in [2.24, 2.45) is 0 Å². The number of ether oxygens (including phenoxy) is 2. The van der Waals surface area contributed by atoms with Gasteiger partial charge in [-0.2, -0.15) is 0 Å². The number of ketones is 1. The summed E-state index contributed by atoms with van der Waals surface area (Å²) in [4.78, 5) is 30.5. The lowest BCUT2D eigenvalue weighted by Crippen LogP contribution is -2.49. The van der Waals surface area contributed by atoms with Crippen LogP contribution in [0.3, 0.4) is 0 Å². The Morgan fingerprint density at radius 2 is 1.38 bits per heavy atom. The Bertz CT molecular complexity index is 1300. The second-order valence-electron chi connectivity index (χ2n) is 12.1. The Balaban J connectivity index is 1.27. The maximum Gasteiger partial charge on any atom is 0.412 e. The normalized spacial score (nSPS) is 14.5. The van der Waals surface area contributed by atoms with Gasteiger partial charge in [0, 0.05) is 32.7 Å². The fourth-order valence-corrected chi connectivity index (χ4v) is 5.42. The number of benzene rings is 3. The van der Waals surface area contributed by atoms with Crippen LogP contribution in [0.2, 0.25) is 0 Å². The topological polar surface area (TPSA) is 71.1 Å². The highest BCUT2D eigenvalue weighted by Gasteiger charge is 2.26. The largest absolute Gasteiger partial charge is 0.492 e. The van der Waals surface area contributed by atoms with Crippen LogP contribution in [0, 0.1) is 20.8 Å². The smallest absolute Gasteiger partial charge is 0.412 e. The van der Waals surface area contributed by atoms with E-state index in [2.05, 4.69) is 15.1 Å². The third-order valence-electron chi connectivity index (χ3n) is 7.77. The molecule has 0 spiro atoms. The van der Waals surface area contributed by atoms with E-state index in [0.29, 0.717) is 13.2 Å². The zero-order valence-electron chi connectivity index (χ0n) is 25.9. The molecule has 1 aliphatic heterocycles. The lowest BCUT2D eigenvalue weighted by Gasteiger charge is -2.35. The minimum Gasteiger partial charge on any atom is -0.492 e. The van der Waals surface area contributed by atoms with Crippen molar-refractivity contribution in [1.82, 2.24) is 9.80 Å². The first-order valence-corrected chi connectivity index (χ1v) is 14.8. The number of anilines is 1. The van der Waals surface area contributed by atoms with Gasteiger partial charge in [-0.1, -0.05) is 60.7 Å². The zero-order chi connectivity index (χ0) is 30.3. The molecule has 0 aliphatic carbocycles. The lowest BCUT2D eigenvalue weighted by atomic mass is 9.87. The second-order valence-corrected chi connectivity index (χ2v) is 12.1. The minimum atomic E-state index is -0.558. The van der Waals surface area contributed by atoms with Crippen molar-refractivity contribution in [3.63, 3.8) is 0 Å². The quantitative estimate of drug-likeness (QED) is 0.306. The highest BCUT2D eigenvalue weighted by atomic mass is 16.6. The van der Waals surface area contributed by atoms with Crippen LogP contribution in [0.25, 0.3) is 0 Å². The molecule has 3 aromatic carbocycles. The number of nitrogens with zero attached hydrogens (tertiary/aromatic N) is 2. The van der Waals surface area contributed by atoms with Crippen LogP contribution >= 0.6 is 0 Å². The number of amides is 1. The van der Waals surface area contributed by atoms with E-state index in [4.69, 9.17) is 9.47 Å². The Morgan fingerprint density at radius 1 is 0.833 bits per heavy atom. The van der Waals surface area contributed by atoms with Crippen LogP contribution in [-0.2, 0) is 9.53 Å². The fraction of sp³-hybridized carbons (Fsp3) is 0.429. The molecule has 1 amide bonds. The van der Waals surface area contributed by atoms with Gasteiger partial charge in [-0.25, -0.2) is 4.79 Å². The predicted molar refractivity (Wildman–Crippen MR) is 169 cm³/mol. The molecule has 0 atom stereocenters. The summed E-state index contributed by atoms with van der Waals surface area (Å²) in [7, 11) is 0. The van der Waals surface area contributed by atoms with Gasteiger partial charge in [-0.05, 0) is 75.4 Å². The van der Waals surface area contributed by atoms with Crippen LogP contribution in [0.5, 0.6) is 5.75 Å². The molecule has 7 nitrogen and oxygen atoms in total. The maximum absolute atomic E-state index is 13.5. The molecule has 0 unspecified atom stereocenters. The lowest BCUT2D eigenvalue weighted by molar-refractivity contribution is -0.121. The first-order chi connectivity index (χ1) is 20.0. The first kappa shape index (κ1) is 31.3. The third kappa shape index (κ3) is 8.43. The molecule has 3 aromatic rings. The molecule has 1 N–H and O–H groups in total. The predicted octanol–water partition coefficient (Wildman–Crippen LogP) is 6.36. The number of carbonyl (C=O) groups excluding carboxylic acids is 2. The number of rotatable bonds is 10. The molecule has 0 saturated carbocycles. The van der Waals surface area contributed by atoms with Crippen molar-refractivity contribution in [3.8, 4) is 5.75 Å². The van der Waals surface area contributed by atoms with E-state index in [1.807, 2.05) is 108 Å². The Morgan fingerprint density at radius 3 is 1.93 bits per heavy atom. The molecule has 1 aliphatic rings. The average Bonchev–Trinajstić information content (AvgIpc) is 2.95. The molecule has 1 fully saturated rings. The molecular weight excluding hydrogens is 526 g/mol. The van der Waals surface area contributed by atoms with Crippen LogP contribution in [0.4, 0.5) is 10.5 Å². The van der Waals surface area contributed by atoms with Gasteiger partial charge in [0.15, 0.2) is 5.78 Å². The fourth-order valence-electron chi connectivity index (χ4n) is 5.42. The standard InChI is InChI=1S/C35H45N3O4/c1-25-23-31(26(2)27(3)33(25)36-34(40)42-35(4,5)6)41-22-21-37-17-19-38(20-18-37)24-30(39)32(28-13-9-7-10-14-28)29-15-11-8-12-16-29/h7-16,23,32H,17-22,24H2,1-6H3,(H,36,40). The van der Waals surface area contributed by atoms with E-state index in [9.17, 15) is 9.59 Å². The number of carbonyl (C=O) groups is 2. The molecule has 4 rings (SSSR count). The summed E-state index contributed by atoms with van der Waals surface area (Å²) in [5, 5.41) is 2.90. The van der Waals surface area contributed by atoms with Gasteiger partial charge in [0.1, 0.15) is 18.0 Å². The zero-order valence-corrected chi connectivity index (χ0v) is 25.9. The molecule has 0 bridgehead atoms. The van der Waals surface area contributed by atoms with Crippen molar-refractivity contribution >= 4 is 17.6 Å². The van der Waals surface area contributed by atoms with Crippen LogP contribution in [0.15, 0.2) is 66.7 Å². The summed E-state index contributed by atoms with van der Waals surface area (Å²) >= 11 is 0. The number of piperazine rings is 1. The Hall–Kier alpha value is -3.68. The van der Waals surface area contributed by atoms with E-state index in [1.54, 1.807) is 0 Å². The third-order valence-corrected chi connectivity index (χ3v) is 7.77. The van der Waals surface area contributed by atoms with Gasteiger partial charge in [-0.15, -0.1) is 0 Å². The molecule has 42 heavy (non-hydrogen) atoms. The summed E-state index contributed by atoms with van der Waals surface area (Å²) in [5.74, 6) is 0.812. The van der Waals surface area contributed by atoms with E-state index in [-0.39, 0.29) is 11.7 Å². The van der Waals surface area contributed by atoms with Crippen molar-refractivity contribution in [1.29, 1.82) is 0 Å². The number of Topliss-reactive ketones (excluding diaryl/α,β-unsaturated/α-hetero) is 1. The SMILES string of the molecule is Cc1cc(OCCN2CCN(CC(=O)C(c3ccccc3)c3ccccc3)CC2)c(C)c(C)c1NC(=O)OC(C)(C)C. The number of hydrogen-bond donors (Lipinski definition) is 1. The average molecular weight is 572 g/mol. The number of nitrogens with one attached hydrogen (secondary N) is 1. The molecule has 0 radical (unpaired) electrons. The van der Waals surface area contributed by atoms with Crippen molar-refractivity contribution in [2.75, 3.05) is 51.2 Å². The highest BCUT2D eigenvalue weighted by molar-refractivity contribution is 5.90. The maximum atomic E-state index is 13.5. The minimum absolute atomic E-state index is 0.231. The molecular formula is C35H45N3O4. The van der Waals surface area contributed by atoms with Gasteiger partial charge in [-0.3, -0.25) is 19.9 Å². The first-order valence-electron chi connectivity index (χ1n) is 14.8. The monoisotopic (exact) mass is 571 g/mol. The van der Waals surface area contributed by atoms with E-state index in [0.717, 1.165) is 72.0 Å². The van der Waals surface area contributed by atoms with Crippen LogP contribution in [-0.4, -0.2) is 73.2 Å². The van der Waals surface area contributed by atoms with E-state index in [1.165, 1.54) is 0 Å². The van der Waals surface area contributed by atoms with Crippen molar-refractivity contribution in [3.05, 3.63) is 94.5 Å². The second kappa shape index (κ2) is 14.0. The van der Waals surface area contributed by atoms with Crippen LogP contribution < -0.4 is 10.1 Å². The van der Waals surface area contributed by atoms with Crippen molar-refractivity contribution < 1.29 is 19.1 Å². The summed E-state index contributed by atoms with van der Waals surface area (Å²) in [6.07, 6.45) is -0.460. The summed E-state index contributed by atoms with van der Waals surface area (Å²) in [5.41, 5.74) is 5.19. The van der Waals surface area contributed by atoms with Crippen molar-refractivity contribution in [2.45, 2.75) is 53.1 Å². The van der Waals surface area contributed by atoms with Gasteiger partial charge >= 0.3 is 6.09 Å². The molecule has 0 aromatic heterocycles. The Labute approximate surface area is 250 Å². The van der Waals surface area contributed by atoms with E-state index < -0.39 is 11.7 Å². The van der Waals surface area contributed by atoms with Gasteiger partial charge in [0.05, 0.1) is 18.2 Å². The molecule has 1 saturated heterocycles. The van der Waals surface area contributed by atoms with E-state index >= 15 is 0 Å². The molecule has 1 heterocycles. The van der Waals surface area contributed by atoms with Gasteiger partial charge < -0.3 is 9.47 Å². The Kier molecular flexibility index (Phi) is 10.4. The summed E-state index contributed by atoms with van der Waals surface area (Å²) < 4.78 is 11.6.